The van der Waals surface area contributed by atoms with Gasteiger partial charge in [0, 0.05) is 0 Å². The molecular weight excluding hydrogens is 355 g/mol. The van der Waals surface area contributed by atoms with E-state index in [1.807, 2.05) is 20.8 Å². The van der Waals surface area contributed by atoms with Crippen molar-refractivity contribution in [3.05, 3.63) is 0 Å². The standard InChI is InChI=1S/C14H28O8PSi/c1-14(2,3)8-6-7-9(22-24(4)5)10(12(15)16)11(13(17)18)23(19,20)21/h9-11H,6-8H2,1-5H3,(H,15,16)(H,17,18)(H2,19,20,21). The van der Waals surface area contributed by atoms with Gasteiger partial charge in [-0.3, -0.25) is 14.2 Å². The van der Waals surface area contributed by atoms with E-state index in [9.17, 15) is 29.0 Å². The fraction of sp³-hybridized carbons (Fsp3) is 0.857. The van der Waals surface area contributed by atoms with Crippen molar-refractivity contribution >= 4 is 28.6 Å². The van der Waals surface area contributed by atoms with Crippen molar-refractivity contribution in [1.82, 2.24) is 0 Å². The number of carboxylic acid groups (broad SMARTS) is 2. The zero-order chi connectivity index (χ0) is 19.3. The molecule has 0 heterocycles. The first-order valence-corrected chi connectivity index (χ1v) is 11.7. The van der Waals surface area contributed by atoms with Gasteiger partial charge in [-0.05, 0) is 31.4 Å². The van der Waals surface area contributed by atoms with Gasteiger partial charge >= 0.3 is 19.5 Å². The predicted molar refractivity (Wildman–Crippen MR) is 90.3 cm³/mol. The van der Waals surface area contributed by atoms with Crippen LogP contribution in [0.15, 0.2) is 0 Å². The lowest BCUT2D eigenvalue weighted by Gasteiger charge is -2.31. The second-order valence-electron chi connectivity index (χ2n) is 7.25. The van der Waals surface area contributed by atoms with Gasteiger partial charge in [0.25, 0.3) is 0 Å². The number of hydrogen-bond acceptors (Lipinski definition) is 4. The van der Waals surface area contributed by atoms with Crippen LogP contribution < -0.4 is 0 Å². The highest BCUT2D eigenvalue weighted by Gasteiger charge is 2.50. The summed E-state index contributed by atoms with van der Waals surface area (Å²) in [5.41, 5.74) is -2.32. The predicted octanol–water partition coefficient (Wildman–Crippen LogP) is 2.17. The van der Waals surface area contributed by atoms with Crippen molar-refractivity contribution in [2.24, 2.45) is 11.3 Å². The van der Waals surface area contributed by atoms with Gasteiger partial charge < -0.3 is 24.4 Å². The number of rotatable bonds is 10. The Morgan fingerprint density at radius 1 is 1.12 bits per heavy atom. The van der Waals surface area contributed by atoms with E-state index in [0.29, 0.717) is 6.42 Å². The molecule has 24 heavy (non-hydrogen) atoms. The van der Waals surface area contributed by atoms with E-state index < -0.39 is 46.3 Å². The number of carboxylic acids is 2. The fourth-order valence-corrected chi connectivity index (χ4v) is 4.35. The highest BCUT2D eigenvalue weighted by Crippen LogP contribution is 2.47. The molecule has 0 amide bonds. The largest absolute Gasteiger partial charge is 0.481 e. The lowest BCUT2D eigenvalue weighted by atomic mass is 9.87. The molecule has 3 atom stereocenters. The number of carbonyl (C=O) groups is 2. The molecule has 0 bridgehead atoms. The maximum Gasteiger partial charge on any atom is 0.340 e. The molecular formula is C14H28O8PSi. The first-order chi connectivity index (χ1) is 10.7. The minimum atomic E-state index is -5.15. The normalized spacial score (nSPS) is 16.7. The summed E-state index contributed by atoms with van der Waals surface area (Å²) in [5.74, 6) is -5.21. The number of hydrogen-bond donors (Lipinski definition) is 4. The van der Waals surface area contributed by atoms with Crippen LogP contribution in [-0.4, -0.2) is 52.7 Å². The van der Waals surface area contributed by atoms with Crippen molar-refractivity contribution in [3.8, 4) is 0 Å². The second-order valence-corrected chi connectivity index (χ2v) is 11.0. The van der Waals surface area contributed by atoms with Gasteiger partial charge in [-0.1, -0.05) is 27.2 Å². The summed E-state index contributed by atoms with van der Waals surface area (Å²) < 4.78 is 17.2. The third-order valence-corrected chi connectivity index (χ3v) is 5.48. The van der Waals surface area contributed by atoms with Crippen LogP contribution in [0.5, 0.6) is 0 Å². The van der Waals surface area contributed by atoms with Gasteiger partial charge in [-0.2, -0.15) is 0 Å². The maximum absolute atomic E-state index is 11.6. The summed E-state index contributed by atoms with van der Waals surface area (Å²) in [4.78, 5) is 41.6. The van der Waals surface area contributed by atoms with Crippen LogP contribution >= 0.6 is 7.60 Å². The summed E-state index contributed by atoms with van der Waals surface area (Å²) >= 11 is 0. The summed E-state index contributed by atoms with van der Waals surface area (Å²) in [5, 5.41) is 18.6. The number of aliphatic carboxylic acids is 2. The van der Waals surface area contributed by atoms with E-state index in [4.69, 9.17) is 9.53 Å². The lowest BCUT2D eigenvalue weighted by molar-refractivity contribution is -0.152. The Kier molecular flexibility index (Phi) is 8.82. The van der Waals surface area contributed by atoms with Crippen molar-refractivity contribution in [1.29, 1.82) is 0 Å². The molecule has 0 aromatic carbocycles. The average Bonchev–Trinajstić information content (AvgIpc) is 2.29. The Balaban J connectivity index is 5.57. The van der Waals surface area contributed by atoms with Gasteiger partial charge in [-0.25, -0.2) is 0 Å². The SMILES string of the molecule is C[Si](C)OC(CCCC(C)(C)C)C(C(=O)O)C(C(=O)O)P(=O)(O)O. The molecule has 0 fully saturated rings. The highest BCUT2D eigenvalue weighted by atomic mass is 31.2. The van der Waals surface area contributed by atoms with Gasteiger partial charge in [0.15, 0.2) is 5.66 Å². The van der Waals surface area contributed by atoms with Crippen LogP contribution in [0.1, 0.15) is 40.0 Å². The average molecular weight is 383 g/mol. The van der Waals surface area contributed by atoms with E-state index in [2.05, 4.69) is 0 Å². The molecule has 0 aliphatic carbocycles. The Hall–Kier alpha value is -0.733. The molecule has 8 nitrogen and oxygen atoms in total. The first-order valence-electron chi connectivity index (χ1n) is 7.64. The molecule has 0 saturated carbocycles. The third-order valence-electron chi connectivity index (χ3n) is 3.44. The molecule has 0 aliphatic rings. The van der Waals surface area contributed by atoms with Crippen molar-refractivity contribution in [2.45, 2.75) is 64.9 Å². The van der Waals surface area contributed by atoms with E-state index in [1.54, 1.807) is 13.1 Å². The Morgan fingerprint density at radius 2 is 1.62 bits per heavy atom. The van der Waals surface area contributed by atoms with Crippen molar-refractivity contribution in [3.63, 3.8) is 0 Å². The smallest absolute Gasteiger partial charge is 0.340 e. The van der Waals surface area contributed by atoms with Gasteiger partial charge in [0.2, 0.25) is 9.04 Å². The van der Waals surface area contributed by atoms with Crippen LogP contribution in [0.25, 0.3) is 0 Å². The molecule has 1 radical (unpaired) electrons. The highest BCUT2D eigenvalue weighted by molar-refractivity contribution is 7.53. The van der Waals surface area contributed by atoms with E-state index in [1.165, 1.54) is 0 Å². The molecule has 10 heteroatoms. The van der Waals surface area contributed by atoms with Crippen LogP contribution in [0.3, 0.4) is 0 Å². The Morgan fingerprint density at radius 3 is 1.92 bits per heavy atom. The summed E-state index contributed by atoms with van der Waals surface area (Å²) in [7, 11) is -6.54. The maximum atomic E-state index is 11.6. The molecule has 0 aromatic heterocycles. The summed E-state index contributed by atoms with van der Waals surface area (Å²) in [6.07, 6.45) is 0.499. The molecule has 4 N–H and O–H groups in total. The molecule has 0 rings (SSSR count). The van der Waals surface area contributed by atoms with Gasteiger partial charge in [0.05, 0.1) is 6.10 Å². The molecule has 141 valence electrons. The minimum Gasteiger partial charge on any atom is -0.481 e. The lowest BCUT2D eigenvalue weighted by Crippen LogP contribution is -2.45. The molecule has 0 spiro atoms. The molecule has 0 aromatic rings. The van der Waals surface area contributed by atoms with E-state index in [-0.39, 0.29) is 11.8 Å². The Labute approximate surface area is 144 Å². The Bertz CT molecular complexity index is 482. The third kappa shape index (κ3) is 8.39. The van der Waals surface area contributed by atoms with Gasteiger partial charge in [-0.15, -0.1) is 0 Å². The fourth-order valence-electron chi connectivity index (χ4n) is 2.45. The first kappa shape index (κ1) is 23.3. The quantitative estimate of drug-likeness (QED) is 0.332. The van der Waals surface area contributed by atoms with Crippen molar-refractivity contribution < 1.29 is 38.6 Å². The van der Waals surface area contributed by atoms with Crippen LogP contribution in [0, 0.1) is 11.3 Å². The zero-order valence-corrected chi connectivity index (χ0v) is 16.6. The van der Waals surface area contributed by atoms with Gasteiger partial charge in [0.1, 0.15) is 5.92 Å². The van der Waals surface area contributed by atoms with Crippen LogP contribution in [-0.2, 0) is 18.6 Å². The monoisotopic (exact) mass is 383 g/mol. The van der Waals surface area contributed by atoms with Crippen LogP contribution in [0.4, 0.5) is 0 Å². The zero-order valence-electron chi connectivity index (χ0n) is 14.7. The van der Waals surface area contributed by atoms with Crippen LogP contribution in [0.2, 0.25) is 13.1 Å². The second kappa shape index (κ2) is 9.10. The van der Waals surface area contributed by atoms with E-state index in [0.717, 1.165) is 6.42 Å². The molecule has 3 unspecified atom stereocenters. The molecule has 0 aliphatic heterocycles. The summed E-state index contributed by atoms with van der Waals surface area (Å²) in [6, 6.07) is 0. The van der Waals surface area contributed by atoms with Crippen molar-refractivity contribution in [2.75, 3.05) is 0 Å². The minimum absolute atomic E-state index is 0.00489. The topological polar surface area (TPSA) is 141 Å². The molecule has 0 saturated heterocycles. The summed E-state index contributed by atoms with van der Waals surface area (Å²) in [6.45, 7) is 9.56. The van der Waals surface area contributed by atoms with E-state index >= 15 is 0 Å².